The molecule has 0 aliphatic rings. The molecular formula is C16H23N3O4S. The molecule has 24 heavy (non-hydrogen) atoms. The van der Waals surface area contributed by atoms with Crippen molar-refractivity contribution in [2.45, 2.75) is 44.8 Å². The number of nitrogens with zero attached hydrogens (tertiary/aromatic N) is 3. The highest BCUT2D eigenvalue weighted by molar-refractivity contribution is 7.81. The number of hydrogen-bond donors (Lipinski definition) is 2. The van der Waals surface area contributed by atoms with E-state index in [0.29, 0.717) is 24.1 Å². The van der Waals surface area contributed by atoms with Crippen LogP contribution in [0, 0.1) is 0 Å². The van der Waals surface area contributed by atoms with Crippen LogP contribution in [0.2, 0.25) is 0 Å². The molecule has 0 saturated heterocycles. The van der Waals surface area contributed by atoms with Crippen LogP contribution in [0.1, 0.15) is 45.6 Å². The van der Waals surface area contributed by atoms with E-state index >= 15 is 0 Å². The molecule has 0 saturated carbocycles. The first-order valence-corrected chi connectivity index (χ1v) is 8.04. The van der Waals surface area contributed by atoms with Gasteiger partial charge in [0.1, 0.15) is 0 Å². The second-order valence-electron chi connectivity index (χ2n) is 6.03. The van der Waals surface area contributed by atoms with E-state index in [1.165, 1.54) is 0 Å². The Bertz CT molecular complexity index is 594. The maximum Gasteiger partial charge on any atom is 0.316 e. The van der Waals surface area contributed by atoms with Crippen LogP contribution in [0.15, 0.2) is 17.4 Å². The summed E-state index contributed by atoms with van der Waals surface area (Å²) in [5.41, 5.74) is 1.36. The Kier molecular flexibility index (Phi) is 7.84. The van der Waals surface area contributed by atoms with E-state index in [0.717, 1.165) is 0 Å². The molecule has 8 heteroatoms. The minimum absolute atomic E-state index is 0.0219. The summed E-state index contributed by atoms with van der Waals surface area (Å²) in [5, 5.41) is 8.53. The summed E-state index contributed by atoms with van der Waals surface area (Å²) >= 11 is 4.33. The van der Waals surface area contributed by atoms with Crippen molar-refractivity contribution in [3.8, 4) is 6.01 Å². The Morgan fingerprint density at radius 2 is 1.96 bits per heavy atom. The summed E-state index contributed by atoms with van der Waals surface area (Å²) in [7, 11) is 0. The Morgan fingerprint density at radius 1 is 1.33 bits per heavy atom. The van der Waals surface area contributed by atoms with Crippen molar-refractivity contribution in [1.82, 2.24) is 9.97 Å². The van der Waals surface area contributed by atoms with Crippen LogP contribution in [0.4, 0.5) is 0 Å². The third kappa shape index (κ3) is 8.61. The van der Waals surface area contributed by atoms with Crippen LogP contribution >= 0.6 is 12.6 Å². The third-order valence-corrected chi connectivity index (χ3v) is 3.09. The molecule has 1 aromatic rings. The van der Waals surface area contributed by atoms with Gasteiger partial charge in [0.05, 0.1) is 13.2 Å². The number of carbonyl (C=O) groups excluding carboxylic acids is 1. The van der Waals surface area contributed by atoms with Crippen LogP contribution in [-0.2, 0) is 9.59 Å². The van der Waals surface area contributed by atoms with Gasteiger partial charge in [0.15, 0.2) is 5.78 Å². The first-order chi connectivity index (χ1) is 11.2. The number of hydrogen-bond acceptors (Lipinski definition) is 7. The topological polar surface area (TPSA) is 102 Å². The van der Waals surface area contributed by atoms with Crippen molar-refractivity contribution < 1.29 is 19.4 Å². The van der Waals surface area contributed by atoms with E-state index in [1.54, 1.807) is 19.3 Å². The van der Waals surface area contributed by atoms with E-state index in [-0.39, 0.29) is 36.1 Å². The average molecular weight is 353 g/mol. The second-order valence-corrected chi connectivity index (χ2v) is 7.24. The monoisotopic (exact) mass is 353 g/mol. The molecule has 7 nitrogen and oxygen atoms in total. The predicted molar refractivity (Wildman–Crippen MR) is 94.2 cm³/mol. The normalized spacial score (nSPS) is 12.1. The first-order valence-electron chi connectivity index (χ1n) is 7.59. The van der Waals surface area contributed by atoms with Gasteiger partial charge in [-0.3, -0.25) is 14.6 Å². The van der Waals surface area contributed by atoms with Crippen molar-refractivity contribution in [3.05, 3.63) is 18.0 Å². The quantitative estimate of drug-likeness (QED) is 0.380. The second kappa shape index (κ2) is 9.36. The van der Waals surface area contributed by atoms with E-state index in [2.05, 4.69) is 27.6 Å². The molecule has 0 unspecified atom stereocenters. The first kappa shape index (κ1) is 20.1. The van der Waals surface area contributed by atoms with E-state index in [9.17, 15) is 9.59 Å². The zero-order chi connectivity index (χ0) is 18.2. The highest BCUT2D eigenvalue weighted by Gasteiger charge is 2.16. The summed E-state index contributed by atoms with van der Waals surface area (Å²) in [6, 6.07) is 0.185. The van der Waals surface area contributed by atoms with Crippen LogP contribution in [0.5, 0.6) is 6.01 Å². The van der Waals surface area contributed by atoms with Gasteiger partial charge in [0.25, 0.3) is 0 Å². The lowest BCUT2D eigenvalue weighted by Gasteiger charge is -2.14. The van der Waals surface area contributed by atoms with Crippen molar-refractivity contribution in [2.75, 3.05) is 13.2 Å². The highest BCUT2D eigenvalue weighted by atomic mass is 32.1. The van der Waals surface area contributed by atoms with Crippen molar-refractivity contribution in [1.29, 1.82) is 0 Å². The fraction of sp³-hybridized carbons (Fsp3) is 0.562. The van der Waals surface area contributed by atoms with Crippen molar-refractivity contribution in [2.24, 2.45) is 4.99 Å². The van der Waals surface area contributed by atoms with Gasteiger partial charge in [-0.2, -0.15) is 12.6 Å². The zero-order valence-electron chi connectivity index (χ0n) is 14.2. The van der Waals surface area contributed by atoms with Gasteiger partial charge in [-0.15, -0.1) is 0 Å². The van der Waals surface area contributed by atoms with Gasteiger partial charge in [0.2, 0.25) is 0 Å². The van der Waals surface area contributed by atoms with Gasteiger partial charge >= 0.3 is 12.0 Å². The van der Waals surface area contributed by atoms with Crippen molar-refractivity contribution >= 4 is 30.1 Å². The molecule has 0 aromatic carbocycles. The predicted octanol–water partition coefficient (Wildman–Crippen LogP) is 2.20. The van der Waals surface area contributed by atoms with Gasteiger partial charge in [0, 0.05) is 41.3 Å². The number of carboxylic acids is 1. The number of rotatable bonds is 10. The SMILES string of the molecule is CC(=NCC(=O)CC(C)(C)S)c1cnc(OCCCC(=O)O)nc1. The number of Topliss-reactive ketones (excluding diaryl/α,β-unsaturated/α-hetero) is 1. The molecular weight excluding hydrogens is 330 g/mol. The number of aliphatic carboxylic acids is 1. The summed E-state index contributed by atoms with van der Waals surface area (Å²) in [4.78, 5) is 34.5. The molecule has 1 rings (SSSR count). The highest BCUT2D eigenvalue weighted by Crippen LogP contribution is 2.17. The molecule has 0 amide bonds. The average Bonchev–Trinajstić information content (AvgIpc) is 2.48. The molecule has 1 N–H and O–H groups in total. The molecule has 0 bridgehead atoms. The fourth-order valence-corrected chi connectivity index (χ4v) is 1.98. The molecule has 1 aromatic heterocycles. The van der Waals surface area contributed by atoms with E-state index in [1.807, 2.05) is 13.8 Å². The van der Waals surface area contributed by atoms with Gasteiger partial charge < -0.3 is 9.84 Å². The minimum atomic E-state index is -0.863. The van der Waals surface area contributed by atoms with Crippen LogP contribution in [0.3, 0.4) is 0 Å². The van der Waals surface area contributed by atoms with Crippen molar-refractivity contribution in [3.63, 3.8) is 0 Å². The summed E-state index contributed by atoms with van der Waals surface area (Å²) < 4.78 is 4.91. The maximum absolute atomic E-state index is 11.8. The molecule has 0 aliphatic heterocycles. The van der Waals surface area contributed by atoms with Crippen LogP contribution < -0.4 is 4.74 Å². The maximum atomic E-state index is 11.8. The molecule has 0 spiro atoms. The standard InChI is InChI=1S/C16H23N3O4S/c1-11(17-10-13(20)7-16(2,3)24)12-8-18-15(19-9-12)23-6-4-5-14(21)22/h8-9,24H,4-7,10H2,1-3H3,(H,21,22). The third-order valence-electron chi connectivity index (χ3n) is 2.93. The number of carboxylic acid groups (broad SMARTS) is 1. The number of thiol groups is 1. The van der Waals surface area contributed by atoms with E-state index < -0.39 is 5.97 Å². The summed E-state index contributed by atoms with van der Waals surface area (Å²) in [6.45, 7) is 5.89. The number of aromatic nitrogens is 2. The Morgan fingerprint density at radius 3 is 2.50 bits per heavy atom. The summed E-state index contributed by atoms with van der Waals surface area (Å²) in [6.07, 6.45) is 3.91. The number of carbonyl (C=O) groups is 2. The molecule has 0 aliphatic carbocycles. The van der Waals surface area contributed by atoms with Gasteiger partial charge in [-0.25, -0.2) is 9.97 Å². The smallest absolute Gasteiger partial charge is 0.316 e. The summed E-state index contributed by atoms with van der Waals surface area (Å²) in [5.74, 6) is -0.841. The number of ether oxygens (including phenoxy) is 1. The Labute approximate surface area is 147 Å². The molecule has 1 heterocycles. The van der Waals surface area contributed by atoms with E-state index in [4.69, 9.17) is 9.84 Å². The molecule has 0 atom stereocenters. The van der Waals surface area contributed by atoms with Gasteiger partial charge in [-0.05, 0) is 13.3 Å². The lowest BCUT2D eigenvalue weighted by Crippen LogP contribution is -2.19. The van der Waals surface area contributed by atoms with Crippen LogP contribution in [0.25, 0.3) is 0 Å². The number of ketones is 1. The molecule has 132 valence electrons. The van der Waals surface area contributed by atoms with Crippen LogP contribution in [-0.4, -0.2) is 50.4 Å². The largest absolute Gasteiger partial charge is 0.481 e. The number of aliphatic imine (C=N–C) groups is 1. The fourth-order valence-electron chi connectivity index (χ4n) is 1.80. The Hall–Kier alpha value is -1.96. The lowest BCUT2D eigenvalue weighted by molar-refractivity contribution is -0.137. The minimum Gasteiger partial charge on any atom is -0.481 e. The molecule has 0 radical (unpaired) electrons. The zero-order valence-corrected chi connectivity index (χ0v) is 15.0. The lowest BCUT2D eigenvalue weighted by atomic mass is 10.1. The Balaban J connectivity index is 2.50. The van der Waals surface area contributed by atoms with Gasteiger partial charge in [-0.1, -0.05) is 13.8 Å². The molecule has 0 fully saturated rings.